The number of hydrogen-bond acceptors (Lipinski definition) is 3. The van der Waals surface area contributed by atoms with Crippen LogP contribution in [0.25, 0.3) is 0 Å². The molecule has 1 aromatic heterocycles. The summed E-state index contributed by atoms with van der Waals surface area (Å²) >= 11 is 1.99. The second kappa shape index (κ2) is 5.43. The fraction of sp³-hybridized carbons (Fsp3) is 0.765. The van der Waals surface area contributed by atoms with Crippen LogP contribution < -0.4 is 5.32 Å². The lowest BCUT2D eigenvalue weighted by atomic mass is 9.88. The molecule has 2 fully saturated rings. The molecule has 2 aliphatic heterocycles. The molecule has 3 heteroatoms. The molecular formula is C17H26N2S. The first kappa shape index (κ1) is 13.3. The average Bonchev–Trinajstić information content (AvgIpc) is 3.02. The Morgan fingerprint density at radius 1 is 1.25 bits per heavy atom. The van der Waals surface area contributed by atoms with Crippen molar-refractivity contribution in [2.45, 2.75) is 76.0 Å². The molecule has 2 bridgehead atoms. The lowest BCUT2D eigenvalue weighted by molar-refractivity contribution is 0.0615. The van der Waals surface area contributed by atoms with E-state index < -0.39 is 0 Å². The van der Waals surface area contributed by atoms with Crippen LogP contribution in [0.2, 0.25) is 0 Å². The third kappa shape index (κ3) is 2.15. The maximum absolute atomic E-state index is 3.70. The van der Waals surface area contributed by atoms with Gasteiger partial charge in [0.05, 0.1) is 0 Å². The predicted octanol–water partition coefficient (Wildman–Crippen LogP) is 3.73. The number of thiophene rings is 1. The number of aryl methyl sites for hydroxylation is 1. The maximum Gasteiger partial charge on any atom is 0.0365 e. The zero-order valence-corrected chi connectivity index (χ0v) is 13.3. The fourth-order valence-electron chi connectivity index (χ4n) is 4.95. The highest BCUT2D eigenvalue weighted by molar-refractivity contribution is 7.10. The van der Waals surface area contributed by atoms with Crippen LogP contribution in [-0.4, -0.2) is 29.6 Å². The molecular weight excluding hydrogens is 264 g/mol. The van der Waals surface area contributed by atoms with Gasteiger partial charge in [-0.2, -0.15) is 0 Å². The van der Waals surface area contributed by atoms with E-state index in [0.717, 1.165) is 30.7 Å². The molecule has 1 aliphatic carbocycles. The molecule has 3 heterocycles. The summed E-state index contributed by atoms with van der Waals surface area (Å²) in [5, 5.41) is 6.01. The minimum Gasteiger partial charge on any atom is -0.314 e. The lowest BCUT2D eigenvalue weighted by Crippen LogP contribution is -2.50. The fourth-order valence-corrected chi connectivity index (χ4v) is 5.93. The minimum absolute atomic E-state index is 0.741. The second-order valence-electron chi connectivity index (χ2n) is 6.77. The number of piperidine rings is 1. The third-order valence-corrected chi connectivity index (χ3v) is 6.66. The molecule has 0 spiro atoms. The summed E-state index contributed by atoms with van der Waals surface area (Å²) in [5.74, 6) is 0. The Morgan fingerprint density at radius 2 is 2.05 bits per heavy atom. The zero-order valence-electron chi connectivity index (χ0n) is 12.5. The Hall–Kier alpha value is -0.380. The second-order valence-corrected chi connectivity index (χ2v) is 7.77. The summed E-state index contributed by atoms with van der Waals surface area (Å²) in [6.07, 6.45) is 9.73. The molecule has 110 valence electrons. The van der Waals surface area contributed by atoms with Gasteiger partial charge in [0.1, 0.15) is 0 Å². The summed E-state index contributed by atoms with van der Waals surface area (Å²) in [5.41, 5.74) is 1.68. The van der Waals surface area contributed by atoms with Crippen molar-refractivity contribution in [1.82, 2.24) is 10.2 Å². The number of nitrogens with one attached hydrogen (secondary N) is 1. The maximum atomic E-state index is 3.70. The van der Waals surface area contributed by atoms with E-state index in [-0.39, 0.29) is 0 Å². The van der Waals surface area contributed by atoms with Gasteiger partial charge < -0.3 is 5.32 Å². The van der Waals surface area contributed by atoms with E-state index in [1.807, 2.05) is 11.3 Å². The van der Waals surface area contributed by atoms with Gasteiger partial charge in [-0.3, -0.25) is 4.90 Å². The Bertz CT molecular complexity index is 455. The molecule has 4 rings (SSSR count). The predicted molar refractivity (Wildman–Crippen MR) is 85.3 cm³/mol. The number of hydrogen-bond donors (Lipinski definition) is 1. The van der Waals surface area contributed by atoms with E-state index in [1.54, 1.807) is 10.4 Å². The highest BCUT2D eigenvalue weighted by Crippen LogP contribution is 2.46. The van der Waals surface area contributed by atoms with Crippen molar-refractivity contribution in [3.8, 4) is 0 Å². The van der Waals surface area contributed by atoms with Gasteiger partial charge in [0.15, 0.2) is 0 Å². The topological polar surface area (TPSA) is 15.3 Å². The third-order valence-electron chi connectivity index (χ3n) is 5.66. The van der Waals surface area contributed by atoms with Gasteiger partial charge in [-0.1, -0.05) is 6.92 Å². The molecule has 1 aromatic rings. The van der Waals surface area contributed by atoms with Gasteiger partial charge in [-0.05, 0) is 68.5 Å². The molecule has 0 radical (unpaired) electrons. The van der Waals surface area contributed by atoms with Gasteiger partial charge in [0, 0.05) is 29.0 Å². The molecule has 3 unspecified atom stereocenters. The van der Waals surface area contributed by atoms with Crippen molar-refractivity contribution in [1.29, 1.82) is 0 Å². The van der Waals surface area contributed by atoms with Crippen LogP contribution in [0.15, 0.2) is 11.4 Å². The van der Waals surface area contributed by atoms with Crippen LogP contribution in [0.3, 0.4) is 0 Å². The summed E-state index contributed by atoms with van der Waals surface area (Å²) < 4.78 is 0. The summed E-state index contributed by atoms with van der Waals surface area (Å²) in [6.45, 7) is 3.37. The van der Waals surface area contributed by atoms with Crippen LogP contribution in [-0.2, 0) is 6.42 Å². The number of fused-ring (bicyclic) bond motifs is 3. The average molecular weight is 290 g/mol. The normalized spacial score (nSPS) is 37.0. The largest absolute Gasteiger partial charge is 0.314 e. The highest BCUT2D eigenvalue weighted by atomic mass is 32.1. The Morgan fingerprint density at radius 3 is 2.80 bits per heavy atom. The van der Waals surface area contributed by atoms with E-state index in [0.29, 0.717) is 0 Å². The summed E-state index contributed by atoms with van der Waals surface area (Å²) in [6, 6.07) is 5.62. The Kier molecular flexibility index (Phi) is 3.61. The van der Waals surface area contributed by atoms with E-state index >= 15 is 0 Å². The highest BCUT2D eigenvalue weighted by Gasteiger charge is 2.44. The lowest BCUT2D eigenvalue weighted by Gasteiger charge is -2.45. The molecule has 2 saturated heterocycles. The van der Waals surface area contributed by atoms with Crippen molar-refractivity contribution < 1.29 is 0 Å². The first-order chi connectivity index (χ1) is 9.86. The minimum atomic E-state index is 0.741. The molecule has 2 nitrogen and oxygen atoms in total. The van der Waals surface area contributed by atoms with Gasteiger partial charge in [-0.15, -0.1) is 11.3 Å². The van der Waals surface area contributed by atoms with E-state index in [2.05, 4.69) is 28.6 Å². The van der Waals surface area contributed by atoms with Crippen molar-refractivity contribution in [3.63, 3.8) is 0 Å². The van der Waals surface area contributed by atoms with Gasteiger partial charge in [0.2, 0.25) is 0 Å². The monoisotopic (exact) mass is 290 g/mol. The van der Waals surface area contributed by atoms with Crippen LogP contribution in [0.4, 0.5) is 0 Å². The van der Waals surface area contributed by atoms with E-state index in [9.17, 15) is 0 Å². The SMILES string of the molecule is CCNC1CC2CCC(C1)N2C1CCCc2sccc21. The van der Waals surface area contributed by atoms with Crippen LogP contribution >= 0.6 is 11.3 Å². The Balaban J connectivity index is 1.56. The van der Waals surface area contributed by atoms with E-state index in [1.165, 1.54) is 44.9 Å². The zero-order chi connectivity index (χ0) is 13.5. The number of rotatable bonds is 3. The van der Waals surface area contributed by atoms with Crippen molar-refractivity contribution in [3.05, 3.63) is 21.9 Å². The van der Waals surface area contributed by atoms with Gasteiger partial charge in [-0.25, -0.2) is 0 Å². The molecule has 0 saturated carbocycles. The smallest absolute Gasteiger partial charge is 0.0365 e. The van der Waals surface area contributed by atoms with E-state index in [4.69, 9.17) is 0 Å². The van der Waals surface area contributed by atoms with Crippen LogP contribution in [0.1, 0.15) is 61.9 Å². The molecule has 1 N–H and O–H groups in total. The molecule has 0 amide bonds. The Labute approximate surface area is 126 Å². The molecule has 0 aromatic carbocycles. The van der Waals surface area contributed by atoms with Crippen molar-refractivity contribution in [2.24, 2.45) is 0 Å². The first-order valence-corrected chi connectivity index (χ1v) is 9.32. The quantitative estimate of drug-likeness (QED) is 0.912. The van der Waals surface area contributed by atoms with Gasteiger partial charge >= 0.3 is 0 Å². The van der Waals surface area contributed by atoms with Crippen molar-refractivity contribution in [2.75, 3.05) is 6.54 Å². The molecule has 3 aliphatic rings. The van der Waals surface area contributed by atoms with Crippen LogP contribution in [0, 0.1) is 0 Å². The molecule has 3 atom stereocenters. The summed E-state index contributed by atoms with van der Waals surface area (Å²) in [4.78, 5) is 4.60. The first-order valence-electron chi connectivity index (χ1n) is 8.44. The molecule has 20 heavy (non-hydrogen) atoms. The summed E-state index contributed by atoms with van der Waals surface area (Å²) in [7, 11) is 0. The standard InChI is InChI=1S/C17H26N2S/c1-2-18-12-10-13-6-7-14(11-12)19(13)16-4-3-5-17-15(16)8-9-20-17/h8-9,12-14,16,18H,2-7,10-11H2,1H3. The van der Waals surface area contributed by atoms with Crippen LogP contribution in [0.5, 0.6) is 0 Å². The number of nitrogens with zero attached hydrogens (tertiary/aromatic N) is 1. The van der Waals surface area contributed by atoms with Gasteiger partial charge in [0.25, 0.3) is 0 Å². The van der Waals surface area contributed by atoms with Crippen molar-refractivity contribution >= 4 is 11.3 Å².